The van der Waals surface area contributed by atoms with Gasteiger partial charge in [0.2, 0.25) is 5.91 Å². The average Bonchev–Trinajstić information content (AvgIpc) is 2.82. The topological polar surface area (TPSA) is 63.1 Å². The fourth-order valence-electron chi connectivity index (χ4n) is 2.83. The molecule has 0 radical (unpaired) electrons. The van der Waals surface area contributed by atoms with Gasteiger partial charge in [-0.05, 0) is 32.9 Å². The Morgan fingerprint density at radius 1 is 1.19 bits per heavy atom. The molecule has 6 heteroatoms. The van der Waals surface area contributed by atoms with Crippen LogP contribution in [0, 0.1) is 5.92 Å². The van der Waals surface area contributed by atoms with Gasteiger partial charge in [0.1, 0.15) is 12.7 Å². The first-order valence-electron chi connectivity index (χ1n) is 8.00. The van der Waals surface area contributed by atoms with Gasteiger partial charge >= 0.3 is 0 Å². The third kappa shape index (κ3) is 5.46. The molecule has 0 aromatic carbocycles. The highest BCUT2D eigenvalue weighted by atomic mass is 16.1. The molecule has 0 spiro atoms. The zero-order chi connectivity index (χ0) is 15.1. The van der Waals surface area contributed by atoms with Crippen molar-refractivity contribution in [1.82, 2.24) is 25.0 Å². The lowest BCUT2D eigenvalue weighted by Crippen LogP contribution is -2.44. The summed E-state index contributed by atoms with van der Waals surface area (Å²) < 4.78 is 1.70. The molecule has 21 heavy (non-hydrogen) atoms. The van der Waals surface area contributed by atoms with E-state index in [1.54, 1.807) is 11.0 Å². The van der Waals surface area contributed by atoms with E-state index >= 15 is 0 Å². The molecular weight excluding hydrogens is 266 g/mol. The first-order chi connectivity index (χ1) is 10.1. The van der Waals surface area contributed by atoms with Crippen LogP contribution in [0.5, 0.6) is 0 Å². The second-order valence-electron chi connectivity index (χ2n) is 6.14. The Bertz CT molecular complexity index is 412. The average molecular weight is 293 g/mol. The fraction of sp³-hybridized carbons (Fsp3) is 0.800. The summed E-state index contributed by atoms with van der Waals surface area (Å²) >= 11 is 0. The second kappa shape index (κ2) is 8.12. The van der Waals surface area contributed by atoms with Gasteiger partial charge in [0, 0.05) is 12.6 Å². The van der Waals surface area contributed by atoms with Crippen LogP contribution in [0.15, 0.2) is 12.7 Å². The molecule has 0 saturated carbocycles. The Labute approximate surface area is 126 Å². The van der Waals surface area contributed by atoms with Gasteiger partial charge in [0.25, 0.3) is 0 Å². The molecule has 1 amide bonds. The van der Waals surface area contributed by atoms with Gasteiger partial charge in [0.15, 0.2) is 0 Å². The van der Waals surface area contributed by atoms with Crippen LogP contribution in [-0.2, 0) is 11.3 Å². The summed E-state index contributed by atoms with van der Waals surface area (Å²) in [6.45, 7) is 7.86. The minimum absolute atomic E-state index is 0.0906. The summed E-state index contributed by atoms with van der Waals surface area (Å²) in [6.07, 6.45) is 8.38. The maximum atomic E-state index is 12.2. The predicted molar refractivity (Wildman–Crippen MR) is 81.7 cm³/mol. The highest BCUT2D eigenvalue weighted by Gasteiger charge is 2.18. The van der Waals surface area contributed by atoms with Crippen molar-refractivity contribution in [3.05, 3.63) is 12.7 Å². The minimum atomic E-state index is -0.0988. The quantitative estimate of drug-likeness (QED) is 0.858. The standard InChI is InChI=1S/C15H27N5O/c1-13(9-20-12-16-11-17-20)15(21)18-14(2)10-19-7-5-3-4-6-8-19/h11-14H,3-10H2,1-2H3,(H,18,21). The van der Waals surface area contributed by atoms with Gasteiger partial charge in [-0.1, -0.05) is 19.8 Å². The van der Waals surface area contributed by atoms with Crippen LogP contribution in [0.4, 0.5) is 0 Å². The van der Waals surface area contributed by atoms with E-state index in [1.165, 1.54) is 32.0 Å². The number of nitrogens with zero attached hydrogens (tertiary/aromatic N) is 4. The molecule has 2 rings (SSSR count). The first-order valence-corrected chi connectivity index (χ1v) is 8.00. The molecular formula is C15H27N5O. The Morgan fingerprint density at radius 2 is 1.90 bits per heavy atom. The van der Waals surface area contributed by atoms with Crippen molar-refractivity contribution in [2.24, 2.45) is 5.92 Å². The molecule has 118 valence electrons. The molecule has 1 fully saturated rings. The largest absolute Gasteiger partial charge is 0.352 e. The van der Waals surface area contributed by atoms with Crippen LogP contribution in [0.25, 0.3) is 0 Å². The van der Waals surface area contributed by atoms with Crippen LogP contribution < -0.4 is 5.32 Å². The number of carbonyl (C=O) groups is 1. The van der Waals surface area contributed by atoms with Gasteiger partial charge < -0.3 is 10.2 Å². The van der Waals surface area contributed by atoms with Gasteiger partial charge in [-0.15, -0.1) is 0 Å². The molecule has 1 saturated heterocycles. The monoisotopic (exact) mass is 293 g/mol. The van der Waals surface area contributed by atoms with Crippen molar-refractivity contribution in [3.63, 3.8) is 0 Å². The molecule has 1 aliphatic rings. The van der Waals surface area contributed by atoms with Crippen molar-refractivity contribution in [3.8, 4) is 0 Å². The lowest BCUT2D eigenvalue weighted by Gasteiger charge is -2.25. The molecule has 0 aliphatic carbocycles. The Hall–Kier alpha value is -1.43. The summed E-state index contributed by atoms with van der Waals surface area (Å²) in [5, 5.41) is 7.16. The van der Waals surface area contributed by atoms with Crippen molar-refractivity contribution >= 4 is 5.91 Å². The molecule has 1 aromatic rings. The zero-order valence-corrected chi connectivity index (χ0v) is 13.2. The van der Waals surface area contributed by atoms with Crippen LogP contribution in [-0.4, -0.2) is 51.2 Å². The van der Waals surface area contributed by atoms with E-state index in [2.05, 4.69) is 27.2 Å². The summed E-state index contributed by atoms with van der Waals surface area (Å²) in [5.41, 5.74) is 0. The number of nitrogens with one attached hydrogen (secondary N) is 1. The summed E-state index contributed by atoms with van der Waals surface area (Å²) in [5.74, 6) is -0.00824. The van der Waals surface area contributed by atoms with Gasteiger partial charge in [-0.25, -0.2) is 4.98 Å². The number of hydrogen-bond donors (Lipinski definition) is 1. The number of aromatic nitrogens is 3. The van der Waals surface area contributed by atoms with Crippen LogP contribution in [0.1, 0.15) is 39.5 Å². The number of hydrogen-bond acceptors (Lipinski definition) is 4. The van der Waals surface area contributed by atoms with E-state index in [9.17, 15) is 4.79 Å². The van der Waals surface area contributed by atoms with Crippen molar-refractivity contribution in [2.45, 2.75) is 52.1 Å². The zero-order valence-electron chi connectivity index (χ0n) is 13.2. The van der Waals surface area contributed by atoms with Gasteiger partial charge in [-0.2, -0.15) is 5.10 Å². The van der Waals surface area contributed by atoms with E-state index in [0.717, 1.165) is 19.6 Å². The van der Waals surface area contributed by atoms with Gasteiger partial charge in [0.05, 0.1) is 12.5 Å². The van der Waals surface area contributed by atoms with Crippen LogP contribution in [0.3, 0.4) is 0 Å². The van der Waals surface area contributed by atoms with Crippen molar-refractivity contribution < 1.29 is 4.79 Å². The third-order valence-corrected chi connectivity index (χ3v) is 3.99. The molecule has 1 N–H and O–H groups in total. The Kier molecular flexibility index (Phi) is 6.17. The second-order valence-corrected chi connectivity index (χ2v) is 6.14. The van der Waals surface area contributed by atoms with Crippen LogP contribution >= 0.6 is 0 Å². The Morgan fingerprint density at radius 3 is 2.52 bits per heavy atom. The van der Waals surface area contributed by atoms with Crippen molar-refractivity contribution in [2.75, 3.05) is 19.6 Å². The molecule has 1 aromatic heterocycles. The molecule has 1 aliphatic heterocycles. The predicted octanol–water partition coefficient (Wildman–Crippen LogP) is 1.29. The molecule has 6 nitrogen and oxygen atoms in total. The third-order valence-electron chi connectivity index (χ3n) is 3.99. The van der Waals surface area contributed by atoms with Gasteiger partial charge in [-0.3, -0.25) is 9.48 Å². The normalized spacial score (nSPS) is 19.7. The highest BCUT2D eigenvalue weighted by Crippen LogP contribution is 2.10. The Balaban J connectivity index is 1.72. The summed E-state index contributed by atoms with van der Waals surface area (Å²) in [7, 11) is 0. The molecule has 2 atom stereocenters. The number of likely N-dealkylation sites (tertiary alicyclic amines) is 1. The summed E-state index contributed by atoms with van der Waals surface area (Å²) in [6, 6.07) is 0.189. The van der Waals surface area contributed by atoms with E-state index < -0.39 is 0 Å². The lowest BCUT2D eigenvalue weighted by atomic mass is 10.1. The lowest BCUT2D eigenvalue weighted by molar-refractivity contribution is -0.125. The van der Waals surface area contributed by atoms with E-state index in [-0.39, 0.29) is 17.9 Å². The SMILES string of the molecule is CC(CN1CCCCCC1)NC(=O)C(C)Cn1cncn1. The van der Waals surface area contributed by atoms with Crippen molar-refractivity contribution in [1.29, 1.82) is 0 Å². The smallest absolute Gasteiger partial charge is 0.224 e. The van der Waals surface area contributed by atoms with E-state index in [0.29, 0.717) is 6.54 Å². The maximum Gasteiger partial charge on any atom is 0.224 e. The van der Waals surface area contributed by atoms with E-state index in [1.807, 2.05) is 6.92 Å². The van der Waals surface area contributed by atoms with Crippen LogP contribution in [0.2, 0.25) is 0 Å². The molecule has 2 unspecified atom stereocenters. The fourth-order valence-corrected chi connectivity index (χ4v) is 2.83. The first kappa shape index (κ1) is 15.9. The molecule has 0 bridgehead atoms. The minimum Gasteiger partial charge on any atom is -0.352 e. The number of amides is 1. The summed E-state index contributed by atoms with van der Waals surface area (Å²) in [4.78, 5) is 18.6. The highest BCUT2D eigenvalue weighted by molar-refractivity contribution is 5.78. The number of rotatable bonds is 6. The van der Waals surface area contributed by atoms with E-state index in [4.69, 9.17) is 0 Å². The maximum absolute atomic E-state index is 12.2. The molecule has 2 heterocycles. The number of carbonyl (C=O) groups excluding carboxylic acids is 1.